The van der Waals surface area contributed by atoms with Crippen molar-refractivity contribution < 1.29 is 9.59 Å². The predicted octanol–water partition coefficient (Wildman–Crippen LogP) is 3.33. The van der Waals surface area contributed by atoms with Crippen LogP contribution in [0, 0.1) is 0 Å². The Kier molecular flexibility index (Phi) is 4.98. The van der Waals surface area contributed by atoms with Gasteiger partial charge in [-0.1, -0.05) is 48.5 Å². The van der Waals surface area contributed by atoms with Crippen molar-refractivity contribution >= 4 is 23.2 Å². The van der Waals surface area contributed by atoms with Gasteiger partial charge in [0.15, 0.2) is 0 Å². The molecule has 1 aliphatic rings. The van der Waals surface area contributed by atoms with Gasteiger partial charge in [0, 0.05) is 30.2 Å². The second-order valence-electron chi connectivity index (χ2n) is 6.48. The fourth-order valence-electron chi connectivity index (χ4n) is 3.24. The van der Waals surface area contributed by atoms with Crippen LogP contribution in [-0.2, 0) is 24.4 Å². The minimum atomic E-state index is -0.0761. The van der Waals surface area contributed by atoms with Crippen LogP contribution >= 0.6 is 11.3 Å². The first-order valence-electron chi connectivity index (χ1n) is 8.78. The van der Waals surface area contributed by atoms with Crippen molar-refractivity contribution in [3.8, 4) is 0 Å². The average Bonchev–Trinajstić information content (AvgIpc) is 3.31. The van der Waals surface area contributed by atoms with Gasteiger partial charge in [-0.3, -0.25) is 9.59 Å². The highest BCUT2D eigenvalue weighted by Gasteiger charge is 2.29. The highest BCUT2D eigenvalue weighted by atomic mass is 32.1. The zero-order chi connectivity index (χ0) is 18.6. The number of nitrogens with zero attached hydrogens (tertiary/aromatic N) is 3. The van der Waals surface area contributed by atoms with E-state index in [1.54, 1.807) is 16.0 Å². The Morgan fingerprint density at radius 2 is 1.85 bits per heavy atom. The maximum absolute atomic E-state index is 13.0. The fourth-order valence-corrected chi connectivity index (χ4v) is 3.87. The Hall–Kier alpha value is -2.99. The summed E-state index contributed by atoms with van der Waals surface area (Å²) < 4.78 is 0. The van der Waals surface area contributed by atoms with Crippen molar-refractivity contribution in [1.82, 2.24) is 14.8 Å². The molecule has 0 atom stereocenters. The second-order valence-corrected chi connectivity index (χ2v) is 7.46. The van der Waals surface area contributed by atoms with E-state index in [2.05, 4.69) is 4.98 Å². The summed E-state index contributed by atoms with van der Waals surface area (Å²) in [5.74, 6) is -0.150. The molecule has 1 aliphatic heterocycles. The van der Waals surface area contributed by atoms with Crippen LogP contribution < -0.4 is 0 Å². The largest absolute Gasteiger partial charge is 0.330 e. The van der Waals surface area contributed by atoms with Crippen LogP contribution in [0.2, 0.25) is 0 Å². The summed E-state index contributed by atoms with van der Waals surface area (Å²) in [4.78, 5) is 33.3. The van der Waals surface area contributed by atoms with Crippen molar-refractivity contribution in [1.29, 1.82) is 0 Å². The lowest BCUT2D eigenvalue weighted by Gasteiger charge is -2.25. The molecule has 0 spiro atoms. The van der Waals surface area contributed by atoms with Gasteiger partial charge in [0.2, 0.25) is 5.91 Å². The number of benzene rings is 2. The molecule has 2 amide bonds. The van der Waals surface area contributed by atoms with Gasteiger partial charge in [0.25, 0.3) is 5.91 Å². The Morgan fingerprint density at radius 3 is 2.59 bits per heavy atom. The van der Waals surface area contributed by atoms with E-state index in [1.807, 2.05) is 60.0 Å². The van der Waals surface area contributed by atoms with E-state index in [1.165, 1.54) is 11.3 Å². The Bertz CT molecular complexity index is 941. The Morgan fingerprint density at radius 1 is 1.07 bits per heavy atom. The molecule has 0 aliphatic carbocycles. The molecule has 5 nitrogen and oxygen atoms in total. The third kappa shape index (κ3) is 3.90. The number of amides is 2. The molecular weight excluding hydrogens is 358 g/mol. The van der Waals surface area contributed by atoms with Crippen LogP contribution in [0.25, 0.3) is 0 Å². The van der Waals surface area contributed by atoms with E-state index in [9.17, 15) is 9.59 Å². The molecule has 1 aromatic heterocycles. The summed E-state index contributed by atoms with van der Waals surface area (Å²) in [7, 11) is 0. The predicted molar refractivity (Wildman–Crippen MR) is 104 cm³/mol. The molecule has 136 valence electrons. The number of carbonyl (C=O) groups is 2. The number of fused-ring (bicyclic) bond motifs is 1. The van der Waals surface area contributed by atoms with Gasteiger partial charge < -0.3 is 9.80 Å². The third-order valence-electron chi connectivity index (χ3n) is 4.60. The smallest absolute Gasteiger partial charge is 0.254 e. The minimum absolute atomic E-state index is 0.0739. The third-order valence-corrected chi connectivity index (χ3v) is 5.37. The Labute approximate surface area is 161 Å². The summed E-state index contributed by atoms with van der Waals surface area (Å²) >= 11 is 1.53. The number of hydrogen-bond donors (Lipinski definition) is 0. The standard InChI is InChI=1S/C21H19N3O2S/c25-20(15-24-13-17-8-4-5-9-18(17)21(24)26)23(14-19-22-10-11-27-19)12-16-6-2-1-3-7-16/h1-11H,12-15H2. The maximum Gasteiger partial charge on any atom is 0.254 e. The van der Waals surface area contributed by atoms with Crippen molar-refractivity contribution in [2.24, 2.45) is 0 Å². The molecule has 2 aromatic carbocycles. The molecule has 0 saturated carbocycles. The van der Waals surface area contributed by atoms with Crippen molar-refractivity contribution in [2.75, 3.05) is 6.54 Å². The molecule has 0 saturated heterocycles. The molecule has 0 unspecified atom stereocenters. The molecule has 0 bridgehead atoms. The summed E-state index contributed by atoms with van der Waals surface area (Å²) in [6.45, 7) is 1.50. The van der Waals surface area contributed by atoms with Crippen LogP contribution in [0.1, 0.15) is 26.5 Å². The lowest BCUT2D eigenvalue weighted by molar-refractivity contribution is -0.133. The van der Waals surface area contributed by atoms with E-state index in [0.717, 1.165) is 16.1 Å². The molecule has 27 heavy (non-hydrogen) atoms. The van der Waals surface area contributed by atoms with E-state index < -0.39 is 0 Å². The number of thiazole rings is 1. The lowest BCUT2D eigenvalue weighted by Crippen LogP contribution is -2.39. The molecule has 3 aromatic rings. The van der Waals surface area contributed by atoms with Gasteiger partial charge in [-0.2, -0.15) is 0 Å². The monoisotopic (exact) mass is 377 g/mol. The van der Waals surface area contributed by atoms with Crippen LogP contribution in [0.15, 0.2) is 66.2 Å². The van der Waals surface area contributed by atoms with Gasteiger partial charge in [0.05, 0.1) is 6.54 Å². The quantitative estimate of drug-likeness (QED) is 0.662. The first-order valence-corrected chi connectivity index (χ1v) is 9.66. The summed E-state index contributed by atoms with van der Waals surface area (Å²) in [5.41, 5.74) is 2.73. The van der Waals surface area contributed by atoms with Crippen LogP contribution in [0.5, 0.6) is 0 Å². The number of carbonyl (C=O) groups excluding carboxylic acids is 2. The van der Waals surface area contributed by atoms with Gasteiger partial charge in [-0.15, -0.1) is 11.3 Å². The maximum atomic E-state index is 13.0. The average molecular weight is 377 g/mol. The topological polar surface area (TPSA) is 53.5 Å². The number of aromatic nitrogens is 1. The van der Waals surface area contributed by atoms with Gasteiger partial charge >= 0.3 is 0 Å². The van der Waals surface area contributed by atoms with Crippen molar-refractivity contribution in [3.05, 3.63) is 87.9 Å². The molecule has 0 N–H and O–H groups in total. The minimum Gasteiger partial charge on any atom is -0.330 e. The molecule has 0 radical (unpaired) electrons. The van der Waals surface area contributed by atoms with Gasteiger partial charge in [0.1, 0.15) is 11.6 Å². The summed E-state index contributed by atoms with van der Waals surface area (Å²) in [6, 6.07) is 17.4. The summed E-state index contributed by atoms with van der Waals surface area (Å²) in [5, 5.41) is 2.79. The second kappa shape index (κ2) is 7.72. The van der Waals surface area contributed by atoms with Crippen LogP contribution in [0.3, 0.4) is 0 Å². The first kappa shape index (κ1) is 17.4. The highest BCUT2D eigenvalue weighted by molar-refractivity contribution is 7.09. The van der Waals surface area contributed by atoms with E-state index in [0.29, 0.717) is 25.2 Å². The molecule has 4 rings (SSSR count). The zero-order valence-corrected chi connectivity index (χ0v) is 15.6. The number of hydrogen-bond acceptors (Lipinski definition) is 4. The SMILES string of the molecule is O=C(CN1Cc2ccccc2C1=O)N(Cc1ccccc1)Cc1nccs1. The van der Waals surface area contributed by atoms with Crippen molar-refractivity contribution in [2.45, 2.75) is 19.6 Å². The Balaban J connectivity index is 1.49. The lowest BCUT2D eigenvalue weighted by atomic mass is 10.1. The van der Waals surface area contributed by atoms with E-state index >= 15 is 0 Å². The molecular formula is C21H19N3O2S. The molecule has 6 heteroatoms. The fraction of sp³-hybridized carbons (Fsp3) is 0.190. The first-order chi connectivity index (χ1) is 13.2. The molecule has 2 heterocycles. The normalized spacial score (nSPS) is 12.9. The van der Waals surface area contributed by atoms with Gasteiger partial charge in [-0.25, -0.2) is 4.98 Å². The zero-order valence-electron chi connectivity index (χ0n) is 14.7. The summed E-state index contributed by atoms with van der Waals surface area (Å²) in [6.07, 6.45) is 1.74. The molecule has 0 fully saturated rings. The highest BCUT2D eigenvalue weighted by Crippen LogP contribution is 2.22. The van der Waals surface area contributed by atoms with Crippen molar-refractivity contribution in [3.63, 3.8) is 0 Å². The van der Waals surface area contributed by atoms with Gasteiger partial charge in [-0.05, 0) is 17.2 Å². The van der Waals surface area contributed by atoms with E-state index in [4.69, 9.17) is 0 Å². The van der Waals surface area contributed by atoms with E-state index in [-0.39, 0.29) is 18.4 Å². The van der Waals surface area contributed by atoms with Crippen LogP contribution in [-0.4, -0.2) is 33.1 Å². The van der Waals surface area contributed by atoms with Crippen LogP contribution in [0.4, 0.5) is 0 Å². The number of rotatable bonds is 6.